The molecule has 0 radical (unpaired) electrons. The molecule has 0 fully saturated rings. The van der Waals surface area contributed by atoms with Crippen LogP contribution in [0.5, 0.6) is 0 Å². The van der Waals surface area contributed by atoms with Crippen molar-refractivity contribution in [2.45, 2.75) is 26.2 Å². The molecule has 74 valence electrons. The highest BCUT2D eigenvalue weighted by molar-refractivity contribution is 5.74. The van der Waals surface area contributed by atoms with Gasteiger partial charge >= 0.3 is 0 Å². The normalized spacial score (nSPS) is 13.4. The van der Waals surface area contributed by atoms with Crippen LogP contribution in [0.25, 0.3) is 11.0 Å². The van der Waals surface area contributed by atoms with Crippen LogP contribution in [0, 0.1) is 5.82 Å². The van der Waals surface area contributed by atoms with E-state index in [0.29, 0.717) is 11.1 Å². The Kier molecular flexibility index (Phi) is 2.19. The Hall–Kier alpha value is -1.45. The first kappa shape index (κ1) is 9.12. The second-order valence-corrected chi connectivity index (χ2v) is 3.41. The number of nitrogens with zero attached hydrogens (tertiary/aromatic N) is 2. The molecule has 3 nitrogen and oxygen atoms in total. The van der Waals surface area contributed by atoms with Crippen molar-refractivity contribution in [2.24, 2.45) is 0 Å². The fourth-order valence-corrected chi connectivity index (χ4v) is 1.44. The van der Waals surface area contributed by atoms with Gasteiger partial charge in [-0.3, -0.25) is 0 Å². The third-order valence-electron chi connectivity index (χ3n) is 2.54. The molecule has 1 heterocycles. The van der Waals surface area contributed by atoms with Crippen molar-refractivity contribution < 1.29 is 9.02 Å². The summed E-state index contributed by atoms with van der Waals surface area (Å²) in [4.78, 5) is 0. The molecule has 0 saturated carbocycles. The van der Waals surface area contributed by atoms with E-state index in [1.807, 2.05) is 13.8 Å². The van der Waals surface area contributed by atoms with Gasteiger partial charge in [-0.15, -0.1) is 0 Å². The van der Waals surface area contributed by atoms with Crippen LogP contribution in [0.4, 0.5) is 4.39 Å². The van der Waals surface area contributed by atoms with Gasteiger partial charge in [0.2, 0.25) is 0 Å². The molecular weight excluding hydrogens is 183 g/mol. The molecule has 0 amide bonds. The van der Waals surface area contributed by atoms with Crippen LogP contribution >= 0.6 is 0 Å². The number of rotatable bonds is 2. The Labute approximate surface area is 80.9 Å². The quantitative estimate of drug-likeness (QED) is 0.737. The summed E-state index contributed by atoms with van der Waals surface area (Å²) in [6.45, 7) is 4.01. The van der Waals surface area contributed by atoms with E-state index in [1.54, 1.807) is 12.1 Å². The van der Waals surface area contributed by atoms with Crippen molar-refractivity contribution in [3.05, 3.63) is 23.5 Å². The molecule has 2 rings (SSSR count). The van der Waals surface area contributed by atoms with Crippen molar-refractivity contribution in [3.63, 3.8) is 0 Å². The van der Waals surface area contributed by atoms with Crippen LogP contribution < -0.4 is 0 Å². The Morgan fingerprint density at radius 1 is 1.43 bits per heavy atom. The largest absolute Gasteiger partial charge is 0.243 e. The third-order valence-corrected chi connectivity index (χ3v) is 2.54. The van der Waals surface area contributed by atoms with Gasteiger partial charge in [0.25, 0.3) is 0 Å². The lowest BCUT2D eigenvalue weighted by molar-refractivity contribution is 0.314. The van der Waals surface area contributed by atoms with E-state index >= 15 is 0 Å². The molecule has 0 spiro atoms. The van der Waals surface area contributed by atoms with E-state index in [1.165, 1.54) is 0 Å². The van der Waals surface area contributed by atoms with Crippen LogP contribution in [0.1, 0.15) is 31.7 Å². The molecule has 0 aliphatic rings. The summed E-state index contributed by atoms with van der Waals surface area (Å²) in [6, 6.07) is 3.48. The Morgan fingerprint density at radius 3 is 2.93 bits per heavy atom. The van der Waals surface area contributed by atoms with E-state index < -0.39 is 0 Å². The van der Waals surface area contributed by atoms with Crippen LogP contribution in [-0.2, 0) is 0 Å². The summed E-state index contributed by atoms with van der Waals surface area (Å²) in [5.74, 6) is -0.116. The first-order chi connectivity index (χ1) is 6.74. The molecule has 0 saturated heterocycles. The van der Waals surface area contributed by atoms with Gasteiger partial charge in [-0.05, 0) is 34.3 Å². The second-order valence-electron chi connectivity index (χ2n) is 3.41. The fourth-order valence-electron chi connectivity index (χ4n) is 1.44. The minimum absolute atomic E-state index is 0.191. The molecule has 0 N–H and O–H groups in total. The van der Waals surface area contributed by atoms with Crippen LogP contribution in [0.3, 0.4) is 0 Å². The summed E-state index contributed by atoms with van der Waals surface area (Å²) in [7, 11) is 0. The fraction of sp³-hybridized carbons (Fsp3) is 0.400. The molecule has 1 aromatic carbocycles. The maximum Gasteiger partial charge on any atom is 0.171 e. The van der Waals surface area contributed by atoms with Gasteiger partial charge in [0.15, 0.2) is 11.3 Å². The number of fused-ring (bicyclic) bond motifs is 1. The second kappa shape index (κ2) is 3.36. The summed E-state index contributed by atoms with van der Waals surface area (Å²) in [6.07, 6.45) is 0.897. The average Bonchev–Trinajstić information content (AvgIpc) is 2.66. The molecule has 0 aliphatic carbocycles. The first-order valence-corrected chi connectivity index (χ1v) is 4.64. The zero-order valence-corrected chi connectivity index (χ0v) is 8.12. The van der Waals surface area contributed by atoms with Gasteiger partial charge in [0.05, 0.1) is 0 Å². The molecule has 4 heteroatoms. The summed E-state index contributed by atoms with van der Waals surface area (Å²) >= 11 is 0. The lowest BCUT2D eigenvalue weighted by atomic mass is 9.97. The number of benzene rings is 1. The molecule has 0 bridgehead atoms. The van der Waals surface area contributed by atoms with E-state index in [0.717, 1.165) is 6.42 Å². The Morgan fingerprint density at radius 2 is 2.21 bits per heavy atom. The average molecular weight is 194 g/mol. The van der Waals surface area contributed by atoms with Gasteiger partial charge < -0.3 is 0 Å². The summed E-state index contributed by atoms with van der Waals surface area (Å²) in [5, 5.41) is 7.11. The zero-order chi connectivity index (χ0) is 10.1. The number of halogens is 1. The lowest BCUT2D eigenvalue weighted by Gasteiger charge is -2.08. The lowest BCUT2D eigenvalue weighted by Crippen LogP contribution is -1.96. The number of aromatic nitrogens is 2. The highest BCUT2D eigenvalue weighted by atomic mass is 19.1. The number of hydrogen-bond donors (Lipinski definition) is 0. The van der Waals surface area contributed by atoms with E-state index in [-0.39, 0.29) is 17.3 Å². The van der Waals surface area contributed by atoms with Crippen LogP contribution in [-0.4, -0.2) is 10.3 Å². The van der Waals surface area contributed by atoms with E-state index in [4.69, 9.17) is 0 Å². The predicted octanol–water partition coefficient (Wildman–Crippen LogP) is 2.88. The van der Waals surface area contributed by atoms with Crippen molar-refractivity contribution in [3.8, 4) is 0 Å². The number of hydrogen-bond acceptors (Lipinski definition) is 3. The zero-order valence-electron chi connectivity index (χ0n) is 8.12. The highest BCUT2D eigenvalue weighted by Crippen LogP contribution is 2.25. The molecule has 2 aromatic rings. The molecule has 14 heavy (non-hydrogen) atoms. The Balaban J connectivity index is 2.61. The van der Waals surface area contributed by atoms with Gasteiger partial charge in [0.1, 0.15) is 5.52 Å². The highest BCUT2D eigenvalue weighted by Gasteiger charge is 2.15. The van der Waals surface area contributed by atoms with Crippen molar-refractivity contribution in [2.75, 3.05) is 0 Å². The van der Waals surface area contributed by atoms with Crippen molar-refractivity contribution in [1.29, 1.82) is 0 Å². The first-order valence-electron chi connectivity index (χ1n) is 4.64. The molecular formula is C10H11FN2O. The van der Waals surface area contributed by atoms with Crippen LogP contribution in [0.2, 0.25) is 0 Å². The van der Waals surface area contributed by atoms with Gasteiger partial charge in [-0.25, -0.2) is 9.02 Å². The van der Waals surface area contributed by atoms with Gasteiger partial charge in [-0.1, -0.05) is 19.9 Å². The van der Waals surface area contributed by atoms with Gasteiger partial charge in [-0.2, -0.15) is 0 Å². The minimum atomic E-state index is -0.307. The minimum Gasteiger partial charge on any atom is -0.243 e. The van der Waals surface area contributed by atoms with E-state index in [2.05, 4.69) is 14.9 Å². The standard InChI is InChI=1S/C10H11FN2O/c1-3-6(2)7-4-5-8-10(9(7)11)13-14-12-8/h4-6H,3H2,1-2H3. The maximum absolute atomic E-state index is 13.8. The van der Waals surface area contributed by atoms with E-state index in [9.17, 15) is 4.39 Å². The molecule has 1 unspecified atom stereocenters. The third kappa shape index (κ3) is 1.27. The Bertz CT molecular complexity index is 452. The SMILES string of the molecule is CCC(C)c1ccc2nonc2c1F. The van der Waals surface area contributed by atoms with Crippen LogP contribution in [0.15, 0.2) is 16.8 Å². The monoisotopic (exact) mass is 194 g/mol. The molecule has 1 aromatic heterocycles. The smallest absolute Gasteiger partial charge is 0.171 e. The predicted molar refractivity (Wildman–Crippen MR) is 50.5 cm³/mol. The molecule has 1 atom stereocenters. The summed E-state index contributed by atoms with van der Waals surface area (Å²) in [5.41, 5.74) is 1.37. The maximum atomic E-state index is 13.8. The van der Waals surface area contributed by atoms with Gasteiger partial charge in [0, 0.05) is 0 Å². The van der Waals surface area contributed by atoms with Crippen molar-refractivity contribution >= 4 is 11.0 Å². The molecule has 0 aliphatic heterocycles. The summed E-state index contributed by atoms with van der Waals surface area (Å²) < 4.78 is 18.3. The topological polar surface area (TPSA) is 38.9 Å². The van der Waals surface area contributed by atoms with Crippen molar-refractivity contribution in [1.82, 2.24) is 10.3 Å².